The van der Waals surface area contributed by atoms with Crippen molar-refractivity contribution in [1.29, 1.82) is 0 Å². The van der Waals surface area contributed by atoms with Gasteiger partial charge in [-0.1, -0.05) is 47.5 Å². The van der Waals surface area contributed by atoms with Gasteiger partial charge in [0.25, 0.3) is 0 Å². The first-order valence-electron chi connectivity index (χ1n) is 5.95. The third-order valence-electron chi connectivity index (χ3n) is 3.00. The Morgan fingerprint density at radius 3 is 2.44 bits per heavy atom. The summed E-state index contributed by atoms with van der Waals surface area (Å²) in [7, 11) is 0. The average Bonchev–Trinajstić information content (AvgIpc) is 2.36. The van der Waals surface area contributed by atoms with Gasteiger partial charge >= 0.3 is 0 Å². The highest BCUT2D eigenvalue weighted by atomic mass is 35.5. The molecule has 0 radical (unpaired) electrons. The van der Waals surface area contributed by atoms with Crippen molar-refractivity contribution in [2.75, 3.05) is 11.1 Å². The molecule has 1 atom stereocenters. The van der Waals surface area contributed by atoms with E-state index in [1.165, 1.54) is 11.1 Å². The Kier molecular flexibility index (Phi) is 3.78. The summed E-state index contributed by atoms with van der Waals surface area (Å²) in [4.78, 5) is 0. The van der Waals surface area contributed by atoms with Gasteiger partial charge in [-0.15, -0.1) is 0 Å². The minimum absolute atomic E-state index is 0.186. The summed E-state index contributed by atoms with van der Waals surface area (Å²) in [6.45, 7) is 4.18. The Morgan fingerprint density at radius 1 is 1.11 bits per heavy atom. The number of para-hydroxylation sites is 1. The van der Waals surface area contributed by atoms with Crippen LogP contribution in [0.1, 0.15) is 24.1 Å². The third-order valence-corrected chi connectivity index (χ3v) is 3.33. The van der Waals surface area contributed by atoms with E-state index < -0.39 is 0 Å². The SMILES string of the molecule is Cc1ccc(C(C)Nc2cccc(Cl)c2N)cc1. The average molecular weight is 261 g/mol. The van der Waals surface area contributed by atoms with Gasteiger partial charge in [0.15, 0.2) is 0 Å². The lowest BCUT2D eigenvalue weighted by molar-refractivity contribution is 0.885. The maximum absolute atomic E-state index is 6.00. The van der Waals surface area contributed by atoms with Gasteiger partial charge in [-0.2, -0.15) is 0 Å². The van der Waals surface area contributed by atoms with Crippen molar-refractivity contribution in [2.45, 2.75) is 19.9 Å². The van der Waals surface area contributed by atoms with Gasteiger partial charge in [-0.3, -0.25) is 0 Å². The summed E-state index contributed by atoms with van der Waals surface area (Å²) in [5, 5.41) is 3.96. The number of halogens is 1. The highest BCUT2D eigenvalue weighted by Gasteiger charge is 2.08. The monoisotopic (exact) mass is 260 g/mol. The summed E-state index contributed by atoms with van der Waals surface area (Å²) in [6, 6.07) is 14.3. The largest absolute Gasteiger partial charge is 0.396 e. The molecule has 3 heteroatoms. The standard InChI is InChI=1S/C15H17ClN2/c1-10-6-8-12(9-7-10)11(2)18-14-5-3-4-13(16)15(14)17/h3-9,11,18H,17H2,1-2H3. The zero-order valence-electron chi connectivity index (χ0n) is 10.6. The molecule has 0 bridgehead atoms. The molecule has 0 saturated heterocycles. The number of anilines is 2. The van der Waals surface area contributed by atoms with Gasteiger partial charge in [0.2, 0.25) is 0 Å². The van der Waals surface area contributed by atoms with Crippen LogP contribution in [0.2, 0.25) is 5.02 Å². The number of nitrogens with one attached hydrogen (secondary N) is 1. The summed E-state index contributed by atoms with van der Waals surface area (Å²) >= 11 is 6.00. The van der Waals surface area contributed by atoms with Crippen LogP contribution in [0.4, 0.5) is 11.4 Å². The van der Waals surface area contributed by atoms with Gasteiger partial charge in [0.05, 0.1) is 16.4 Å². The summed E-state index contributed by atoms with van der Waals surface area (Å²) < 4.78 is 0. The van der Waals surface area contributed by atoms with E-state index >= 15 is 0 Å². The highest BCUT2D eigenvalue weighted by Crippen LogP contribution is 2.29. The number of aryl methyl sites for hydroxylation is 1. The minimum Gasteiger partial charge on any atom is -0.396 e. The van der Waals surface area contributed by atoms with Gasteiger partial charge < -0.3 is 11.1 Å². The van der Waals surface area contributed by atoms with Crippen molar-refractivity contribution < 1.29 is 0 Å². The molecule has 18 heavy (non-hydrogen) atoms. The van der Waals surface area contributed by atoms with Crippen LogP contribution in [-0.2, 0) is 0 Å². The molecule has 2 aromatic carbocycles. The zero-order chi connectivity index (χ0) is 13.1. The first-order valence-corrected chi connectivity index (χ1v) is 6.33. The molecule has 1 unspecified atom stereocenters. The number of hydrogen-bond acceptors (Lipinski definition) is 2. The number of hydrogen-bond donors (Lipinski definition) is 2. The molecule has 2 nitrogen and oxygen atoms in total. The Bertz CT molecular complexity index is 535. The molecular formula is C15H17ClN2. The first-order chi connectivity index (χ1) is 8.58. The van der Waals surface area contributed by atoms with Crippen molar-refractivity contribution in [1.82, 2.24) is 0 Å². The van der Waals surface area contributed by atoms with Gasteiger partial charge in [-0.25, -0.2) is 0 Å². The predicted molar refractivity (Wildman–Crippen MR) is 79.1 cm³/mol. The van der Waals surface area contributed by atoms with E-state index in [0.29, 0.717) is 10.7 Å². The Balaban J connectivity index is 2.18. The second-order valence-electron chi connectivity index (χ2n) is 4.48. The number of nitrogen functional groups attached to an aromatic ring is 1. The van der Waals surface area contributed by atoms with E-state index in [-0.39, 0.29) is 6.04 Å². The van der Waals surface area contributed by atoms with E-state index in [4.69, 9.17) is 17.3 Å². The van der Waals surface area contributed by atoms with Gasteiger partial charge in [-0.05, 0) is 31.5 Å². The van der Waals surface area contributed by atoms with Crippen LogP contribution in [0.15, 0.2) is 42.5 Å². The summed E-state index contributed by atoms with van der Waals surface area (Å²) in [5.74, 6) is 0. The predicted octanol–water partition coefficient (Wildman–Crippen LogP) is 4.40. The van der Waals surface area contributed by atoms with Crippen molar-refractivity contribution in [3.63, 3.8) is 0 Å². The summed E-state index contributed by atoms with van der Waals surface area (Å²) in [6.07, 6.45) is 0. The third kappa shape index (κ3) is 2.77. The maximum atomic E-state index is 6.00. The molecule has 0 fully saturated rings. The fourth-order valence-electron chi connectivity index (χ4n) is 1.83. The van der Waals surface area contributed by atoms with E-state index in [1.807, 2.05) is 12.1 Å². The maximum Gasteiger partial charge on any atom is 0.0739 e. The van der Waals surface area contributed by atoms with E-state index in [0.717, 1.165) is 5.69 Å². The minimum atomic E-state index is 0.186. The fraction of sp³-hybridized carbons (Fsp3) is 0.200. The normalized spacial score (nSPS) is 12.2. The van der Waals surface area contributed by atoms with Crippen LogP contribution in [0.3, 0.4) is 0 Å². The Labute approximate surface area is 113 Å². The second-order valence-corrected chi connectivity index (χ2v) is 4.88. The molecule has 2 rings (SSSR count). The van der Waals surface area contributed by atoms with Crippen LogP contribution in [0.25, 0.3) is 0 Å². The molecule has 0 aliphatic rings. The molecule has 2 aromatic rings. The smallest absolute Gasteiger partial charge is 0.0739 e. The molecular weight excluding hydrogens is 244 g/mol. The van der Waals surface area contributed by atoms with Crippen LogP contribution < -0.4 is 11.1 Å². The number of rotatable bonds is 3. The quantitative estimate of drug-likeness (QED) is 0.803. The molecule has 3 N–H and O–H groups in total. The molecule has 0 aliphatic carbocycles. The summed E-state index contributed by atoms with van der Waals surface area (Å²) in [5.41, 5.74) is 9.88. The first kappa shape index (κ1) is 12.8. The van der Waals surface area contributed by atoms with Crippen LogP contribution in [-0.4, -0.2) is 0 Å². The molecule has 0 heterocycles. The van der Waals surface area contributed by atoms with E-state index in [9.17, 15) is 0 Å². The van der Waals surface area contributed by atoms with Crippen LogP contribution in [0.5, 0.6) is 0 Å². The lowest BCUT2D eigenvalue weighted by Crippen LogP contribution is -2.08. The van der Waals surface area contributed by atoms with Crippen molar-refractivity contribution in [2.24, 2.45) is 0 Å². The van der Waals surface area contributed by atoms with E-state index in [2.05, 4.69) is 43.4 Å². The van der Waals surface area contributed by atoms with Gasteiger partial charge in [0, 0.05) is 6.04 Å². The van der Waals surface area contributed by atoms with Crippen LogP contribution in [0, 0.1) is 6.92 Å². The fourth-order valence-corrected chi connectivity index (χ4v) is 2.01. The Hall–Kier alpha value is -1.67. The highest BCUT2D eigenvalue weighted by molar-refractivity contribution is 6.33. The Morgan fingerprint density at radius 2 is 1.78 bits per heavy atom. The molecule has 0 aliphatic heterocycles. The second kappa shape index (κ2) is 5.32. The van der Waals surface area contributed by atoms with Gasteiger partial charge in [0.1, 0.15) is 0 Å². The number of nitrogens with two attached hydrogens (primary N) is 1. The van der Waals surface area contributed by atoms with Crippen molar-refractivity contribution in [3.05, 3.63) is 58.6 Å². The molecule has 0 aromatic heterocycles. The topological polar surface area (TPSA) is 38.0 Å². The van der Waals surface area contributed by atoms with E-state index in [1.54, 1.807) is 6.07 Å². The van der Waals surface area contributed by atoms with Crippen molar-refractivity contribution >= 4 is 23.0 Å². The molecule has 0 spiro atoms. The van der Waals surface area contributed by atoms with Crippen LogP contribution >= 0.6 is 11.6 Å². The lowest BCUT2D eigenvalue weighted by Gasteiger charge is -2.17. The molecule has 0 amide bonds. The van der Waals surface area contributed by atoms with Crippen molar-refractivity contribution in [3.8, 4) is 0 Å². The molecule has 94 valence electrons. The zero-order valence-corrected chi connectivity index (χ0v) is 11.3. The number of benzene rings is 2. The molecule has 0 saturated carbocycles. The lowest BCUT2D eigenvalue weighted by atomic mass is 10.1.